The lowest BCUT2D eigenvalue weighted by molar-refractivity contribution is -0.134. The zero-order valence-corrected chi connectivity index (χ0v) is 20.6. The highest BCUT2D eigenvalue weighted by Crippen LogP contribution is 2.36. The van der Waals surface area contributed by atoms with Gasteiger partial charge in [0, 0.05) is 24.1 Å². The summed E-state index contributed by atoms with van der Waals surface area (Å²) in [7, 11) is 0. The summed E-state index contributed by atoms with van der Waals surface area (Å²) in [5.41, 5.74) is 1.27. The van der Waals surface area contributed by atoms with Crippen LogP contribution in [0.4, 0.5) is 4.79 Å². The van der Waals surface area contributed by atoms with Gasteiger partial charge in [-0.05, 0) is 49.2 Å². The van der Waals surface area contributed by atoms with Crippen LogP contribution in [0.5, 0.6) is 11.5 Å². The lowest BCUT2D eigenvalue weighted by atomic mass is 9.88. The molecule has 8 heteroatoms. The molecule has 3 aromatic rings. The van der Waals surface area contributed by atoms with E-state index >= 15 is 0 Å². The van der Waals surface area contributed by atoms with Gasteiger partial charge in [0.1, 0.15) is 29.7 Å². The predicted molar refractivity (Wildman–Crippen MR) is 135 cm³/mol. The highest BCUT2D eigenvalue weighted by molar-refractivity contribution is 6.10. The van der Waals surface area contributed by atoms with Crippen LogP contribution in [0.15, 0.2) is 54.6 Å². The van der Waals surface area contributed by atoms with Crippen LogP contribution in [0.1, 0.15) is 37.5 Å². The summed E-state index contributed by atoms with van der Waals surface area (Å²) >= 11 is 0. The van der Waals surface area contributed by atoms with Gasteiger partial charge >= 0.3 is 6.03 Å². The first kappa shape index (κ1) is 23.7. The Balaban J connectivity index is 1.31. The standard InChI is InChI=1S/C28H29N3O5/c1-4-35-23-13-19-12-17(2)36-24(19)14-20(23)15-29-25(32)16-31-26(33)28(3,30-27(31)34)22-11-7-9-18-8-5-6-10-21(18)22/h5-11,13-14,17H,4,12,15-16H2,1-3H3,(H,29,32)(H,30,34)/t17-,28-/m1/s1. The molecule has 2 N–H and O–H groups in total. The van der Waals surface area contributed by atoms with Gasteiger partial charge in [-0.2, -0.15) is 0 Å². The second-order valence-electron chi connectivity index (χ2n) is 9.38. The number of imide groups is 1. The molecule has 1 saturated heterocycles. The minimum Gasteiger partial charge on any atom is -0.494 e. The van der Waals surface area contributed by atoms with Crippen LogP contribution < -0.4 is 20.1 Å². The first-order valence-electron chi connectivity index (χ1n) is 12.1. The number of rotatable bonds is 7. The average Bonchev–Trinajstić information content (AvgIpc) is 3.33. The molecule has 3 aromatic carbocycles. The Labute approximate surface area is 209 Å². The van der Waals surface area contributed by atoms with Crippen molar-refractivity contribution in [2.75, 3.05) is 13.2 Å². The van der Waals surface area contributed by atoms with Crippen LogP contribution >= 0.6 is 0 Å². The third-order valence-corrected chi connectivity index (χ3v) is 6.76. The molecule has 8 nitrogen and oxygen atoms in total. The molecule has 2 atom stereocenters. The summed E-state index contributed by atoms with van der Waals surface area (Å²) in [5, 5.41) is 7.45. The fourth-order valence-corrected chi connectivity index (χ4v) is 4.99. The van der Waals surface area contributed by atoms with Crippen LogP contribution in [0, 0.1) is 0 Å². The van der Waals surface area contributed by atoms with Crippen molar-refractivity contribution in [3.63, 3.8) is 0 Å². The summed E-state index contributed by atoms with van der Waals surface area (Å²) in [5.74, 6) is 0.565. The summed E-state index contributed by atoms with van der Waals surface area (Å²) < 4.78 is 11.6. The van der Waals surface area contributed by atoms with E-state index in [1.807, 2.05) is 68.4 Å². The number of urea groups is 1. The van der Waals surface area contributed by atoms with Crippen LogP contribution in [0.2, 0.25) is 0 Å². The van der Waals surface area contributed by atoms with Gasteiger partial charge in [0.05, 0.1) is 6.61 Å². The molecule has 2 aliphatic heterocycles. The number of hydrogen-bond acceptors (Lipinski definition) is 5. The van der Waals surface area contributed by atoms with Crippen LogP contribution in [0.3, 0.4) is 0 Å². The molecule has 0 aliphatic carbocycles. The van der Waals surface area contributed by atoms with E-state index < -0.39 is 23.4 Å². The highest BCUT2D eigenvalue weighted by atomic mass is 16.5. The van der Waals surface area contributed by atoms with Crippen molar-refractivity contribution in [1.82, 2.24) is 15.5 Å². The minimum absolute atomic E-state index is 0.0926. The molecule has 36 heavy (non-hydrogen) atoms. The third kappa shape index (κ3) is 4.12. The number of nitrogens with zero attached hydrogens (tertiary/aromatic N) is 1. The Morgan fingerprint density at radius 1 is 1.19 bits per heavy atom. The molecule has 1 fully saturated rings. The average molecular weight is 488 g/mol. The molecule has 0 radical (unpaired) electrons. The zero-order valence-electron chi connectivity index (χ0n) is 20.6. The normalized spacial score (nSPS) is 20.8. The molecule has 0 spiro atoms. The molecule has 0 bridgehead atoms. The number of carbonyl (C=O) groups is 3. The Bertz CT molecular complexity index is 1370. The van der Waals surface area contributed by atoms with Gasteiger partial charge < -0.3 is 20.1 Å². The van der Waals surface area contributed by atoms with Crippen molar-refractivity contribution in [1.29, 1.82) is 0 Å². The van der Waals surface area contributed by atoms with E-state index in [-0.39, 0.29) is 19.2 Å². The first-order valence-corrected chi connectivity index (χ1v) is 12.1. The van der Waals surface area contributed by atoms with Crippen molar-refractivity contribution in [3.05, 3.63) is 71.3 Å². The number of ether oxygens (including phenoxy) is 2. The van der Waals surface area contributed by atoms with Crippen molar-refractivity contribution in [2.24, 2.45) is 0 Å². The SMILES string of the molecule is CCOc1cc2c(cc1CNC(=O)CN1C(=O)N[C@](C)(c3cccc4ccccc34)C1=O)O[C@H](C)C2. The zero-order chi connectivity index (χ0) is 25.4. The van der Waals surface area contributed by atoms with E-state index in [0.29, 0.717) is 17.9 Å². The molecule has 2 heterocycles. The number of nitrogens with one attached hydrogen (secondary N) is 2. The van der Waals surface area contributed by atoms with E-state index in [9.17, 15) is 14.4 Å². The van der Waals surface area contributed by atoms with Gasteiger partial charge in [-0.15, -0.1) is 0 Å². The predicted octanol–water partition coefficient (Wildman–Crippen LogP) is 3.65. The van der Waals surface area contributed by atoms with Gasteiger partial charge in [0.15, 0.2) is 0 Å². The largest absolute Gasteiger partial charge is 0.494 e. The molecule has 5 rings (SSSR count). The summed E-state index contributed by atoms with van der Waals surface area (Å²) in [6.07, 6.45) is 0.902. The molecule has 4 amide bonds. The number of fused-ring (bicyclic) bond motifs is 2. The molecule has 0 aromatic heterocycles. The summed E-state index contributed by atoms with van der Waals surface area (Å²) in [4.78, 5) is 40.0. The Morgan fingerprint density at radius 2 is 1.97 bits per heavy atom. The van der Waals surface area contributed by atoms with Gasteiger partial charge in [-0.25, -0.2) is 4.79 Å². The lowest BCUT2D eigenvalue weighted by Gasteiger charge is -2.24. The second-order valence-corrected chi connectivity index (χ2v) is 9.38. The second kappa shape index (κ2) is 9.18. The molecule has 186 valence electrons. The Kier molecular flexibility index (Phi) is 6.04. The third-order valence-electron chi connectivity index (χ3n) is 6.76. The fourth-order valence-electron chi connectivity index (χ4n) is 4.99. The number of benzene rings is 3. The maximum atomic E-state index is 13.4. The van der Waals surface area contributed by atoms with Gasteiger partial charge in [-0.3, -0.25) is 14.5 Å². The van der Waals surface area contributed by atoms with Crippen LogP contribution in [-0.4, -0.2) is 42.0 Å². The highest BCUT2D eigenvalue weighted by Gasteiger charge is 2.50. The van der Waals surface area contributed by atoms with E-state index in [4.69, 9.17) is 9.47 Å². The Hall–Kier alpha value is -4.07. The maximum absolute atomic E-state index is 13.4. The molecule has 0 unspecified atom stereocenters. The van der Waals surface area contributed by atoms with E-state index in [2.05, 4.69) is 10.6 Å². The van der Waals surface area contributed by atoms with Crippen molar-refractivity contribution in [3.8, 4) is 11.5 Å². The van der Waals surface area contributed by atoms with E-state index in [1.54, 1.807) is 6.92 Å². The topological polar surface area (TPSA) is 97.0 Å². The van der Waals surface area contributed by atoms with E-state index in [0.717, 1.165) is 39.0 Å². The number of carbonyl (C=O) groups excluding carboxylic acids is 3. The van der Waals surface area contributed by atoms with Gasteiger partial charge in [0.2, 0.25) is 5.91 Å². The fraction of sp³-hybridized carbons (Fsp3) is 0.321. The minimum atomic E-state index is -1.27. The van der Waals surface area contributed by atoms with Gasteiger partial charge in [0.25, 0.3) is 5.91 Å². The monoisotopic (exact) mass is 487 g/mol. The first-order chi connectivity index (χ1) is 17.3. The maximum Gasteiger partial charge on any atom is 0.325 e. The summed E-state index contributed by atoms with van der Waals surface area (Å²) in [6, 6.07) is 16.6. The Morgan fingerprint density at radius 3 is 2.78 bits per heavy atom. The lowest BCUT2D eigenvalue weighted by Crippen LogP contribution is -2.43. The van der Waals surface area contributed by atoms with Crippen LogP contribution in [-0.2, 0) is 28.1 Å². The smallest absolute Gasteiger partial charge is 0.325 e. The number of hydrogen-bond donors (Lipinski definition) is 2. The van der Waals surface area contributed by atoms with Crippen molar-refractivity contribution in [2.45, 2.75) is 45.4 Å². The molecule has 2 aliphatic rings. The van der Waals surface area contributed by atoms with Crippen molar-refractivity contribution >= 4 is 28.6 Å². The van der Waals surface area contributed by atoms with E-state index in [1.165, 1.54) is 0 Å². The van der Waals surface area contributed by atoms with Crippen molar-refractivity contribution < 1.29 is 23.9 Å². The molecule has 0 saturated carbocycles. The van der Waals surface area contributed by atoms with Crippen LogP contribution in [0.25, 0.3) is 10.8 Å². The number of amides is 4. The quantitative estimate of drug-likeness (QED) is 0.496. The molecular weight excluding hydrogens is 458 g/mol. The summed E-state index contributed by atoms with van der Waals surface area (Å²) in [6.45, 7) is 5.88. The van der Waals surface area contributed by atoms with Gasteiger partial charge in [-0.1, -0.05) is 42.5 Å². The molecular formula is C28H29N3O5.